The number of fused-ring (bicyclic) bond motifs is 1. The smallest absolute Gasteiger partial charge is 0.118 e. The lowest BCUT2D eigenvalue weighted by atomic mass is 9.97. The summed E-state index contributed by atoms with van der Waals surface area (Å²) < 4.78 is 5.28. The van der Waals surface area contributed by atoms with Crippen molar-refractivity contribution in [3.8, 4) is 16.9 Å². The molecule has 4 rings (SSSR count). The molecule has 0 unspecified atom stereocenters. The van der Waals surface area contributed by atoms with Gasteiger partial charge in [-0.25, -0.2) is 0 Å². The molecular formula is C24H21Cl3N2O. The van der Waals surface area contributed by atoms with Crippen LogP contribution in [0.4, 0.5) is 5.69 Å². The van der Waals surface area contributed by atoms with Gasteiger partial charge >= 0.3 is 0 Å². The Morgan fingerprint density at radius 3 is 2.43 bits per heavy atom. The zero-order valence-electron chi connectivity index (χ0n) is 16.4. The molecule has 0 saturated carbocycles. The number of ether oxygens (including phenoxy) is 1. The lowest BCUT2D eigenvalue weighted by molar-refractivity contribution is 0.415. The normalized spacial score (nSPS) is 13.0. The summed E-state index contributed by atoms with van der Waals surface area (Å²) in [6.07, 6.45) is 4.04. The molecule has 6 heteroatoms. The minimum absolute atomic E-state index is 0. The van der Waals surface area contributed by atoms with Crippen LogP contribution in [0.3, 0.4) is 0 Å². The Morgan fingerprint density at radius 2 is 1.70 bits per heavy atom. The molecule has 0 fully saturated rings. The molecule has 0 aliphatic carbocycles. The van der Waals surface area contributed by atoms with Crippen LogP contribution in [0, 0.1) is 0 Å². The highest BCUT2D eigenvalue weighted by atomic mass is 35.5. The molecule has 0 amide bonds. The van der Waals surface area contributed by atoms with Crippen LogP contribution in [-0.4, -0.2) is 25.9 Å². The molecule has 3 nitrogen and oxygen atoms in total. The Hall–Kier alpha value is -2.46. The fourth-order valence-electron chi connectivity index (χ4n) is 3.34. The average molecular weight is 460 g/mol. The fraction of sp³-hybridized carbons (Fsp3) is 0.125. The Kier molecular flexibility index (Phi) is 7.43. The monoisotopic (exact) mass is 458 g/mol. The Bertz CT molecular complexity index is 1090. The van der Waals surface area contributed by atoms with Gasteiger partial charge in [-0.15, -0.1) is 12.4 Å². The molecule has 0 saturated heterocycles. The molecule has 30 heavy (non-hydrogen) atoms. The second kappa shape index (κ2) is 10.0. The molecular weight excluding hydrogens is 439 g/mol. The number of rotatable bonds is 4. The molecule has 3 aromatic rings. The summed E-state index contributed by atoms with van der Waals surface area (Å²) in [5.41, 5.74) is 6.35. The highest BCUT2D eigenvalue weighted by Gasteiger charge is 2.15. The SMILES string of the molecule is COc1ccc(-c2cccc3c2NCCN=C3/C=C/c2ccc(Cl)c(Cl)c2)cc1.Cl. The van der Waals surface area contributed by atoms with Gasteiger partial charge in [0.1, 0.15) is 5.75 Å². The maximum atomic E-state index is 6.14. The Balaban J connectivity index is 0.00000256. The van der Waals surface area contributed by atoms with Crippen LogP contribution < -0.4 is 10.1 Å². The first-order chi connectivity index (χ1) is 14.2. The zero-order valence-corrected chi connectivity index (χ0v) is 18.7. The van der Waals surface area contributed by atoms with Crippen molar-refractivity contribution in [1.82, 2.24) is 0 Å². The third-order valence-electron chi connectivity index (χ3n) is 4.81. The number of para-hydroxylation sites is 1. The number of hydrogen-bond acceptors (Lipinski definition) is 3. The van der Waals surface area contributed by atoms with E-state index in [2.05, 4.69) is 35.6 Å². The summed E-state index contributed by atoms with van der Waals surface area (Å²) in [4.78, 5) is 4.77. The van der Waals surface area contributed by atoms with E-state index in [0.29, 0.717) is 16.6 Å². The van der Waals surface area contributed by atoms with Crippen molar-refractivity contribution >= 4 is 53.1 Å². The predicted octanol–water partition coefficient (Wildman–Crippen LogP) is 7.02. The van der Waals surface area contributed by atoms with Gasteiger partial charge < -0.3 is 10.1 Å². The van der Waals surface area contributed by atoms with Crippen molar-refractivity contribution in [2.75, 3.05) is 25.5 Å². The van der Waals surface area contributed by atoms with Crippen molar-refractivity contribution in [1.29, 1.82) is 0 Å². The van der Waals surface area contributed by atoms with Gasteiger partial charge in [0.15, 0.2) is 0 Å². The van der Waals surface area contributed by atoms with Gasteiger partial charge in [-0.05, 0) is 41.5 Å². The third-order valence-corrected chi connectivity index (χ3v) is 5.55. The number of allylic oxidation sites excluding steroid dienone is 1. The minimum atomic E-state index is 0. The van der Waals surface area contributed by atoms with Gasteiger partial charge in [0, 0.05) is 17.7 Å². The van der Waals surface area contributed by atoms with E-state index in [1.54, 1.807) is 13.2 Å². The van der Waals surface area contributed by atoms with E-state index in [1.807, 2.05) is 36.4 Å². The number of hydrogen-bond donors (Lipinski definition) is 1. The molecule has 154 valence electrons. The van der Waals surface area contributed by atoms with Crippen LogP contribution in [0.5, 0.6) is 5.75 Å². The van der Waals surface area contributed by atoms with Gasteiger partial charge in [-0.2, -0.15) is 0 Å². The number of aliphatic imine (C=N–C) groups is 1. The van der Waals surface area contributed by atoms with E-state index in [1.165, 1.54) is 0 Å². The van der Waals surface area contributed by atoms with Crippen LogP contribution in [-0.2, 0) is 0 Å². The fourth-order valence-corrected chi connectivity index (χ4v) is 3.65. The summed E-state index contributed by atoms with van der Waals surface area (Å²) in [5.74, 6) is 0.843. The zero-order chi connectivity index (χ0) is 20.2. The first-order valence-corrected chi connectivity index (χ1v) is 10.1. The standard InChI is InChI=1S/C24H20Cl2N2O.ClH/c1-29-18-9-7-17(8-10-18)19-3-2-4-20-23(27-13-14-28-24(19)20)12-6-16-5-11-21(25)22(26)15-16;/h2-12,15,28H,13-14H2,1H3;1H/b12-6+;. The number of benzene rings is 3. The summed E-state index contributed by atoms with van der Waals surface area (Å²) in [6, 6.07) is 20.0. The second-order valence-electron chi connectivity index (χ2n) is 6.66. The lowest BCUT2D eigenvalue weighted by Crippen LogP contribution is -2.05. The van der Waals surface area contributed by atoms with Crippen LogP contribution in [0.15, 0.2) is 71.7 Å². The molecule has 0 spiro atoms. The molecule has 1 aliphatic heterocycles. The first-order valence-electron chi connectivity index (χ1n) is 9.35. The molecule has 1 aliphatic rings. The van der Waals surface area contributed by atoms with Crippen LogP contribution in [0.2, 0.25) is 10.0 Å². The van der Waals surface area contributed by atoms with Crippen molar-refractivity contribution in [3.05, 3.63) is 87.9 Å². The largest absolute Gasteiger partial charge is 0.497 e. The van der Waals surface area contributed by atoms with Gasteiger partial charge in [0.2, 0.25) is 0 Å². The lowest BCUT2D eigenvalue weighted by Gasteiger charge is -2.15. The quantitative estimate of drug-likeness (QED) is 0.455. The van der Waals surface area contributed by atoms with E-state index >= 15 is 0 Å². The number of methoxy groups -OCH3 is 1. The highest BCUT2D eigenvalue weighted by Crippen LogP contribution is 2.33. The van der Waals surface area contributed by atoms with Crippen molar-refractivity contribution in [2.45, 2.75) is 0 Å². The molecule has 3 aromatic carbocycles. The second-order valence-corrected chi connectivity index (χ2v) is 7.47. The van der Waals surface area contributed by atoms with E-state index in [0.717, 1.165) is 45.9 Å². The number of benzodiazepines with no additional fused rings is 1. The number of nitrogens with one attached hydrogen (secondary N) is 1. The van der Waals surface area contributed by atoms with E-state index in [4.69, 9.17) is 32.9 Å². The summed E-state index contributed by atoms with van der Waals surface area (Å²) in [6.45, 7) is 1.49. The van der Waals surface area contributed by atoms with Gasteiger partial charge in [-0.1, -0.05) is 65.7 Å². The molecule has 1 N–H and O–H groups in total. The maximum absolute atomic E-state index is 6.14. The number of nitrogens with zero attached hydrogens (tertiary/aromatic N) is 1. The van der Waals surface area contributed by atoms with Crippen LogP contribution in [0.1, 0.15) is 11.1 Å². The van der Waals surface area contributed by atoms with Crippen LogP contribution >= 0.6 is 35.6 Å². The third kappa shape index (κ3) is 4.81. The highest BCUT2D eigenvalue weighted by molar-refractivity contribution is 6.42. The summed E-state index contributed by atoms with van der Waals surface area (Å²) in [7, 11) is 1.67. The Labute approximate surface area is 192 Å². The van der Waals surface area contributed by atoms with Gasteiger partial charge in [0.25, 0.3) is 0 Å². The molecule has 0 radical (unpaired) electrons. The molecule has 0 bridgehead atoms. The maximum Gasteiger partial charge on any atom is 0.118 e. The minimum Gasteiger partial charge on any atom is -0.497 e. The first kappa shape index (κ1) is 22.2. The van der Waals surface area contributed by atoms with Gasteiger partial charge in [0.05, 0.1) is 35.1 Å². The topological polar surface area (TPSA) is 33.6 Å². The van der Waals surface area contributed by atoms with E-state index < -0.39 is 0 Å². The van der Waals surface area contributed by atoms with E-state index in [-0.39, 0.29) is 12.4 Å². The average Bonchev–Trinajstić information content (AvgIpc) is 2.97. The summed E-state index contributed by atoms with van der Waals surface area (Å²) >= 11 is 12.2. The van der Waals surface area contributed by atoms with E-state index in [9.17, 15) is 0 Å². The molecule has 0 atom stereocenters. The van der Waals surface area contributed by atoms with Crippen molar-refractivity contribution in [2.24, 2.45) is 4.99 Å². The Morgan fingerprint density at radius 1 is 0.933 bits per heavy atom. The van der Waals surface area contributed by atoms with Crippen LogP contribution in [0.25, 0.3) is 17.2 Å². The number of anilines is 1. The molecule has 1 heterocycles. The molecule has 0 aromatic heterocycles. The van der Waals surface area contributed by atoms with Crippen molar-refractivity contribution in [3.63, 3.8) is 0 Å². The predicted molar refractivity (Wildman–Crippen MR) is 131 cm³/mol. The summed E-state index contributed by atoms with van der Waals surface area (Å²) in [5, 5.41) is 4.64. The number of halogens is 3. The van der Waals surface area contributed by atoms with Gasteiger partial charge in [-0.3, -0.25) is 4.99 Å². The van der Waals surface area contributed by atoms with Crippen molar-refractivity contribution < 1.29 is 4.74 Å².